The number of likely N-dealkylation sites (tertiary alicyclic amines) is 1. The molecule has 3 rings (SSSR count). The molecule has 1 unspecified atom stereocenters. The molecule has 0 bridgehead atoms. The summed E-state index contributed by atoms with van der Waals surface area (Å²) in [7, 11) is 4.61. The molecule has 108 valence electrons. The van der Waals surface area contributed by atoms with E-state index in [2.05, 4.69) is 56.8 Å². The molecule has 0 spiro atoms. The number of hydrogen-bond acceptors (Lipinski definition) is 1. The SMILES string of the molecule is [CH2-]CC1[CH-]C(=C2CCN(C)CC2)c2ccccc2[B]C1.[Y]. The summed E-state index contributed by atoms with van der Waals surface area (Å²) < 4.78 is 0. The second-order valence-corrected chi connectivity index (χ2v) is 6.06. The summed E-state index contributed by atoms with van der Waals surface area (Å²) >= 11 is 0. The van der Waals surface area contributed by atoms with E-state index in [1.807, 2.05) is 0 Å². The van der Waals surface area contributed by atoms with Crippen molar-refractivity contribution in [1.29, 1.82) is 0 Å². The topological polar surface area (TPSA) is 3.24 Å². The van der Waals surface area contributed by atoms with Crippen molar-refractivity contribution in [2.45, 2.75) is 25.6 Å². The third-order valence-corrected chi connectivity index (χ3v) is 4.64. The van der Waals surface area contributed by atoms with Gasteiger partial charge in [0.25, 0.3) is 0 Å². The van der Waals surface area contributed by atoms with E-state index >= 15 is 0 Å². The van der Waals surface area contributed by atoms with Crippen molar-refractivity contribution in [2.24, 2.45) is 5.92 Å². The molecule has 2 aliphatic rings. The average Bonchev–Trinajstić information content (AvgIpc) is 2.68. The van der Waals surface area contributed by atoms with E-state index in [-0.39, 0.29) is 32.7 Å². The van der Waals surface area contributed by atoms with Crippen LogP contribution in [0.25, 0.3) is 5.57 Å². The molecule has 3 heteroatoms. The Bertz CT molecular complexity index is 502. The van der Waals surface area contributed by atoms with Crippen LogP contribution in [0.2, 0.25) is 6.32 Å². The molecule has 0 saturated carbocycles. The van der Waals surface area contributed by atoms with Crippen molar-refractivity contribution < 1.29 is 32.7 Å². The van der Waals surface area contributed by atoms with E-state index in [1.54, 1.807) is 5.57 Å². The van der Waals surface area contributed by atoms with E-state index in [1.165, 1.54) is 42.5 Å². The molecule has 0 amide bonds. The second-order valence-electron chi connectivity index (χ2n) is 6.06. The summed E-state index contributed by atoms with van der Waals surface area (Å²) in [5.74, 6) is 0.588. The maximum absolute atomic E-state index is 4.12. The number of piperidine rings is 1. The van der Waals surface area contributed by atoms with Gasteiger partial charge in [0.05, 0.1) is 0 Å². The van der Waals surface area contributed by atoms with Crippen LogP contribution in [0.5, 0.6) is 0 Å². The first kappa shape index (κ1) is 17.3. The van der Waals surface area contributed by atoms with Gasteiger partial charge in [-0.3, -0.25) is 0 Å². The summed E-state index contributed by atoms with van der Waals surface area (Å²) in [6, 6.07) is 8.86. The van der Waals surface area contributed by atoms with Gasteiger partial charge in [-0.25, -0.2) is 0 Å². The minimum atomic E-state index is 0. The van der Waals surface area contributed by atoms with Gasteiger partial charge in [0, 0.05) is 32.7 Å². The number of benzene rings is 1. The van der Waals surface area contributed by atoms with Crippen LogP contribution in [0.4, 0.5) is 0 Å². The van der Waals surface area contributed by atoms with Gasteiger partial charge in [0.15, 0.2) is 0 Å². The summed E-state index contributed by atoms with van der Waals surface area (Å²) in [6.45, 7) is 6.50. The van der Waals surface area contributed by atoms with E-state index in [0.29, 0.717) is 5.92 Å². The number of nitrogens with zero attached hydrogens (tertiary/aromatic N) is 1. The van der Waals surface area contributed by atoms with Gasteiger partial charge in [-0.05, 0) is 20.1 Å². The Balaban J connectivity index is 0.00000161. The van der Waals surface area contributed by atoms with Crippen LogP contribution in [0.1, 0.15) is 24.8 Å². The van der Waals surface area contributed by atoms with Crippen LogP contribution in [0.15, 0.2) is 29.8 Å². The predicted molar refractivity (Wildman–Crippen MR) is 88.1 cm³/mol. The van der Waals surface area contributed by atoms with E-state index in [0.717, 1.165) is 12.7 Å². The zero-order valence-corrected chi connectivity index (χ0v) is 15.9. The van der Waals surface area contributed by atoms with Gasteiger partial charge in [0.2, 0.25) is 0 Å². The van der Waals surface area contributed by atoms with Gasteiger partial charge in [-0.15, -0.1) is 23.0 Å². The Morgan fingerprint density at radius 1 is 1.29 bits per heavy atom. The molecule has 2 aliphatic heterocycles. The fourth-order valence-corrected chi connectivity index (χ4v) is 3.26. The Hall–Kier alpha value is -0.0412. The minimum Gasteiger partial charge on any atom is -0.344 e. The molecule has 1 aromatic rings. The van der Waals surface area contributed by atoms with Crippen molar-refractivity contribution >= 4 is 18.3 Å². The van der Waals surface area contributed by atoms with E-state index < -0.39 is 0 Å². The second kappa shape index (κ2) is 7.99. The van der Waals surface area contributed by atoms with Gasteiger partial charge in [0.1, 0.15) is 7.28 Å². The molecule has 1 fully saturated rings. The van der Waals surface area contributed by atoms with Crippen molar-refractivity contribution in [3.63, 3.8) is 0 Å². The first-order valence-corrected chi connectivity index (χ1v) is 7.75. The summed E-state index contributed by atoms with van der Waals surface area (Å²) in [5.41, 5.74) is 5.99. The molecule has 0 aliphatic carbocycles. The van der Waals surface area contributed by atoms with Gasteiger partial charge >= 0.3 is 0 Å². The summed E-state index contributed by atoms with van der Waals surface area (Å²) in [5, 5.41) is 0. The number of fused-ring (bicyclic) bond motifs is 1. The molecule has 1 nitrogen and oxygen atoms in total. The molecule has 0 N–H and O–H groups in total. The molecule has 1 aromatic carbocycles. The van der Waals surface area contributed by atoms with Crippen LogP contribution in [-0.4, -0.2) is 32.3 Å². The largest absolute Gasteiger partial charge is 0.344 e. The normalized spacial score (nSPS) is 22.5. The zero-order valence-electron chi connectivity index (χ0n) is 13.0. The predicted octanol–water partition coefficient (Wildman–Crippen LogP) is 2.97. The molecule has 1 atom stereocenters. The van der Waals surface area contributed by atoms with Crippen LogP contribution < -0.4 is 5.46 Å². The van der Waals surface area contributed by atoms with Gasteiger partial charge in [-0.1, -0.05) is 37.4 Å². The fraction of sp³-hybridized carbons (Fsp3) is 0.444. The molecule has 0 aromatic heterocycles. The van der Waals surface area contributed by atoms with Crippen LogP contribution in [0.3, 0.4) is 0 Å². The molecule has 21 heavy (non-hydrogen) atoms. The van der Waals surface area contributed by atoms with Gasteiger partial charge in [-0.2, -0.15) is 24.0 Å². The Morgan fingerprint density at radius 3 is 2.71 bits per heavy atom. The maximum atomic E-state index is 4.12. The summed E-state index contributed by atoms with van der Waals surface area (Å²) in [6.07, 6.45) is 7.02. The molecular formula is C18H23BNY-2. The average molecular weight is 353 g/mol. The van der Waals surface area contributed by atoms with Gasteiger partial charge < -0.3 is 11.8 Å². The standard InChI is InChI=1S/C18H23BN.Y/c1-3-14-12-17(15-8-10-20(2)11-9-15)16-6-4-5-7-18(16)19-13-14;/h4-7,12,14H,1,3,8-11,13H2,2H3;/q-2;. The number of allylic oxidation sites excluding steroid dienone is 1. The van der Waals surface area contributed by atoms with Crippen molar-refractivity contribution in [1.82, 2.24) is 4.90 Å². The van der Waals surface area contributed by atoms with Crippen molar-refractivity contribution in [3.05, 3.63) is 48.7 Å². The van der Waals surface area contributed by atoms with Crippen LogP contribution >= 0.6 is 0 Å². The molecule has 2 heterocycles. The van der Waals surface area contributed by atoms with E-state index in [4.69, 9.17) is 0 Å². The zero-order chi connectivity index (χ0) is 13.9. The monoisotopic (exact) mass is 353 g/mol. The van der Waals surface area contributed by atoms with Crippen LogP contribution in [0, 0.1) is 19.3 Å². The minimum absolute atomic E-state index is 0. The van der Waals surface area contributed by atoms with E-state index in [9.17, 15) is 0 Å². The molecule has 2 radical (unpaired) electrons. The molecule has 1 saturated heterocycles. The summed E-state index contributed by atoms with van der Waals surface area (Å²) in [4.78, 5) is 2.43. The first-order valence-electron chi connectivity index (χ1n) is 7.75. The Kier molecular flexibility index (Phi) is 6.59. The maximum Gasteiger partial charge on any atom is 0.134 e. The first-order chi connectivity index (χ1) is 9.78. The smallest absolute Gasteiger partial charge is 0.134 e. The van der Waals surface area contributed by atoms with Crippen LogP contribution in [-0.2, 0) is 32.7 Å². The number of hydrogen-bond donors (Lipinski definition) is 0. The Labute approximate surface area is 155 Å². The third-order valence-electron chi connectivity index (χ3n) is 4.64. The quantitative estimate of drug-likeness (QED) is 0.554. The third kappa shape index (κ3) is 4.03. The van der Waals surface area contributed by atoms with Crippen molar-refractivity contribution in [3.8, 4) is 0 Å². The fourth-order valence-electron chi connectivity index (χ4n) is 3.26. The number of rotatable bonds is 1. The Morgan fingerprint density at radius 2 is 2.00 bits per heavy atom. The van der Waals surface area contributed by atoms with Crippen molar-refractivity contribution in [2.75, 3.05) is 20.1 Å². The molecular weight excluding hydrogens is 330 g/mol.